The van der Waals surface area contributed by atoms with Crippen LogP contribution in [0.4, 0.5) is 5.69 Å². The first kappa shape index (κ1) is 13.3. The Kier molecular flexibility index (Phi) is 4.30. The summed E-state index contributed by atoms with van der Waals surface area (Å²) < 4.78 is 1.79. The highest BCUT2D eigenvalue weighted by Gasteiger charge is 2.12. The van der Waals surface area contributed by atoms with E-state index in [-0.39, 0.29) is 11.9 Å². The van der Waals surface area contributed by atoms with Crippen molar-refractivity contribution in [1.29, 1.82) is 0 Å². The zero-order valence-electron chi connectivity index (χ0n) is 11.1. The third-order valence-corrected chi connectivity index (χ3v) is 2.95. The summed E-state index contributed by atoms with van der Waals surface area (Å²) in [5.74, 6) is -0.0478. The zero-order chi connectivity index (χ0) is 13.7. The van der Waals surface area contributed by atoms with Gasteiger partial charge in [0.1, 0.15) is 0 Å². The van der Waals surface area contributed by atoms with E-state index in [0.717, 1.165) is 11.4 Å². The first-order valence-electron chi connectivity index (χ1n) is 6.23. The maximum Gasteiger partial charge on any atom is 0.241 e. The lowest BCUT2D eigenvalue weighted by atomic mass is 10.2. The number of aryl methyl sites for hydroxylation is 1. The topological polar surface area (TPSA) is 59.0 Å². The zero-order valence-corrected chi connectivity index (χ0v) is 11.1. The molecular formula is C14H18N4O. The van der Waals surface area contributed by atoms with Crippen molar-refractivity contribution in [2.45, 2.75) is 19.5 Å². The SMILES string of the molecule is CC(NCc1ccnn1C)C(=O)Nc1ccccc1. The molecular weight excluding hydrogens is 240 g/mol. The molecule has 100 valence electrons. The molecule has 1 aromatic carbocycles. The van der Waals surface area contributed by atoms with Crippen molar-refractivity contribution in [3.63, 3.8) is 0 Å². The van der Waals surface area contributed by atoms with E-state index in [1.54, 1.807) is 10.9 Å². The number of nitrogens with one attached hydrogen (secondary N) is 2. The second-order valence-electron chi connectivity index (χ2n) is 4.40. The molecule has 0 aliphatic rings. The summed E-state index contributed by atoms with van der Waals surface area (Å²) in [7, 11) is 1.88. The number of hydrogen-bond donors (Lipinski definition) is 2. The Morgan fingerprint density at radius 2 is 2.05 bits per heavy atom. The van der Waals surface area contributed by atoms with E-state index in [9.17, 15) is 4.79 Å². The van der Waals surface area contributed by atoms with Crippen LogP contribution >= 0.6 is 0 Å². The molecule has 1 heterocycles. The molecule has 1 unspecified atom stereocenters. The Labute approximate surface area is 112 Å². The lowest BCUT2D eigenvalue weighted by Crippen LogP contribution is -2.37. The largest absolute Gasteiger partial charge is 0.325 e. The number of benzene rings is 1. The van der Waals surface area contributed by atoms with Crippen LogP contribution in [0, 0.1) is 0 Å². The second-order valence-corrected chi connectivity index (χ2v) is 4.40. The van der Waals surface area contributed by atoms with E-state index in [0.29, 0.717) is 6.54 Å². The van der Waals surface area contributed by atoms with Crippen molar-refractivity contribution in [3.8, 4) is 0 Å². The monoisotopic (exact) mass is 258 g/mol. The van der Waals surface area contributed by atoms with Gasteiger partial charge in [0.15, 0.2) is 0 Å². The van der Waals surface area contributed by atoms with Crippen molar-refractivity contribution < 1.29 is 4.79 Å². The van der Waals surface area contributed by atoms with Crippen LogP contribution in [0.1, 0.15) is 12.6 Å². The van der Waals surface area contributed by atoms with Crippen LogP contribution in [0.2, 0.25) is 0 Å². The molecule has 0 radical (unpaired) electrons. The average molecular weight is 258 g/mol. The number of anilines is 1. The molecule has 1 amide bonds. The lowest BCUT2D eigenvalue weighted by molar-refractivity contribution is -0.117. The van der Waals surface area contributed by atoms with Gasteiger partial charge in [0.05, 0.1) is 11.7 Å². The fourth-order valence-corrected chi connectivity index (χ4v) is 1.70. The molecule has 1 aromatic heterocycles. The quantitative estimate of drug-likeness (QED) is 0.855. The van der Waals surface area contributed by atoms with Gasteiger partial charge in [0.2, 0.25) is 5.91 Å². The second kappa shape index (κ2) is 6.15. The number of rotatable bonds is 5. The number of aromatic nitrogens is 2. The highest BCUT2D eigenvalue weighted by molar-refractivity contribution is 5.94. The van der Waals surface area contributed by atoms with Crippen LogP contribution in [0.25, 0.3) is 0 Å². The van der Waals surface area contributed by atoms with Crippen molar-refractivity contribution in [3.05, 3.63) is 48.3 Å². The van der Waals surface area contributed by atoms with Crippen LogP contribution in [0.5, 0.6) is 0 Å². The highest BCUT2D eigenvalue weighted by atomic mass is 16.2. The molecule has 0 spiro atoms. The number of amides is 1. The van der Waals surface area contributed by atoms with Gasteiger partial charge in [-0.1, -0.05) is 18.2 Å². The summed E-state index contributed by atoms with van der Waals surface area (Å²) in [4.78, 5) is 12.0. The molecule has 0 aliphatic heterocycles. The lowest BCUT2D eigenvalue weighted by Gasteiger charge is -2.14. The fraction of sp³-hybridized carbons (Fsp3) is 0.286. The summed E-state index contributed by atoms with van der Waals surface area (Å²) in [6, 6.07) is 11.1. The highest BCUT2D eigenvalue weighted by Crippen LogP contribution is 2.05. The molecule has 2 aromatic rings. The molecule has 2 N–H and O–H groups in total. The summed E-state index contributed by atoms with van der Waals surface area (Å²) in [5, 5.41) is 10.1. The molecule has 0 saturated heterocycles. The number of hydrogen-bond acceptors (Lipinski definition) is 3. The smallest absolute Gasteiger partial charge is 0.241 e. The van der Waals surface area contributed by atoms with E-state index in [2.05, 4.69) is 15.7 Å². The van der Waals surface area contributed by atoms with E-state index >= 15 is 0 Å². The summed E-state index contributed by atoms with van der Waals surface area (Å²) in [6.45, 7) is 2.45. The van der Waals surface area contributed by atoms with Crippen LogP contribution in [0.3, 0.4) is 0 Å². The van der Waals surface area contributed by atoms with Gasteiger partial charge in [-0.25, -0.2) is 0 Å². The molecule has 2 rings (SSSR count). The van der Waals surface area contributed by atoms with Gasteiger partial charge in [-0.05, 0) is 25.1 Å². The van der Waals surface area contributed by atoms with Crippen molar-refractivity contribution in [2.24, 2.45) is 7.05 Å². The van der Waals surface area contributed by atoms with E-state index in [1.807, 2.05) is 50.4 Å². The molecule has 5 heteroatoms. The van der Waals surface area contributed by atoms with Gasteiger partial charge in [0, 0.05) is 25.5 Å². The van der Waals surface area contributed by atoms with Gasteiger partial charge in [-0.15, -0.1) is 0 Å². The average Bonchev–Trinajstić information content (AvgIpc) is 2.82. The van der Waals surface area contributed by atoms with Crippen LogP contribution in [-0.4, -0.2) is 21.7 Å². The maximum atomic E-state index is 12.0. The Hall–Kier alpha value is -2.14. The minimum atomic E-state index is -0.268. The molecule has 0 fully saturated rings. The van der Waals surface area contributed by atoms with Gasteiger partial charge < -0.3 is 10.6 Å². The van der Waals surface area contributed by atoms with Crippen LogP contribution in [0.15, 0.2) is 42.6 Å². The molecule has 0 aliphatic carbocycles. The Morgan fingerprint density at radius 1 is 1.32 bits per heavy atom. The predicted octanol–water partition coefficient (Wildman–Crippen LogP) is 1.54. The van der Waals surface area contributed by atoms with E-state index in [1.165, 1.54) is 0 Å². The first-order chi connectivity index (χ1) is 9.16. The van der Waals surface area contributed by atoms with Gasteiger partial charge in [0.25, 0.3) is 0 Å². The van der Waals surface area contributed by atoms with Gasteiger partial charge in [-0.2, -0.15) is 5.10 Å². The van der Waals surface area contributed by atoms with Gasteiger partial charge in [-0.3, -0.25) is 9.48 Å². The first-order valence-corrected chi connectivity index (χ1v) is 6.23. The third kappa shape index (κ3) is 3.66. The number of carbonyl (C=O) groups is 1. The Bertz CT molecular complexity index is 535. The minimum Gasteiger partial charge on any atom is -0.325 e. The minimum absolute atomic E-state index is 0.0478. The van der Waals surface area contributed by atoms with Crippen LogP contribution < -0.4 is 10.6 Å². The van der Waals surface area contributed by atoms with Crippen LogP contribution in [-0.2, 0) is 18.4 Å². The van der Waals surface area contributed by atoms with E-state index < -0.39 is 0 Å². The summed E-state index contributed by atoms with van der Waals surface area (Å²) in [6.07, 6.45) is 1.74. The summed E-state index contributed by atoms with van der Waals surface area (Å²) in [5.41, 5.74) is 1.85. The molecule has 1 atom stereocenters. The molecule has 0 bridgehead atoms. The molecule has 5 nitrogen and oxygen atoms in total. The van der Waals surface area contributed by atoms with E-state index in [4.69, 9.17) is 0 Å². The maximum absolute atomic E-state index is 12.0. The van der Waals surface area contributed by atoms with Crippen molar-refractivity contribution >= 4 is 11.6 Å². The van der Waals surface area contributed by atoms with Crippen molar-refractivity contribution in [1.82, 2.24) is 15.1 Å². The summed E-state index contributed by atoms with van der Waals surface area (Å²) >= 11 is 0. The molecule has 19 heavy (non-hydrogen) atoms. The molecule has 0 saturated carbocycles. The number of carbonyl (C=O) groups excluding carboxylic acids is 1. The predicted molar refractivity (Wildman–Crippen MR) is 74.6 cm³/mol. The Morgan fingerprint density at radius 3 is 2.68 bits per heavy atom. The number of para-hydroxylation sites is 1. The fourth-order valence-electron chi connectivity index (χ4n) is 1.70. The van der Waals surface area contributed by atoms with Crippen molar-refractivity contribution in [2.75, 3.05) is 5.32 Å². The third-order valence-electron chi connectivity index (χ3n) is 2.95. The van der Waals surface area contributed by atoms with Gasteiger partial charge >= 0.3 is 0 Å². The number of nitrogens with zero attached hydrogens (tertiary/aromatic N) is 2. The normalized spacial score (nSPS) is 12.1. The standard InChI is InChI=1S/C14H18N4O/c1-11(15-10-13-8-9-16-18(13)2)14(19)17-12-6-4-3-5-7-12/h3-9,11,15H,10H2,1-2H3,(H,17,19). The Balaban J connectivity index is 1.84.